The topological polar surface area (TPSA) is 62.5 Å². The highest BCUT2D eigenvalue weighted by Crippen LogP contribution is 2.23. The molecule has 5 nitrogen and oxygen atoms in total. The lowest BCUT2D eigenvalue weighted by Gasteiger charge is -2.42. The van der Waals surface area contributed by atoms with E-state index < -0.39 is 0 Å². The third-order valence-electron chi connectivity index (χ3n) is 3.52. The Morgan fingerprint density at radius 2 is 1.84 bits per heavy atom. The van der Waals surface area contributed by atoms with Crippen molar-refractivity contribution in [2.75, 3.05) is 31.9 Å². The van der Waals surface area contributed by atoms with Crippen molar-refractivity contribution in [3.63, 3.8) is 0 Å². The Bertz CT molecular complexity index is 469. The number of piperazine rings is 1. The number of amides is 1. The number of carbonyl (C=O) groups excluding carboxylic acids is 1. The van der Waals surface area contributed by atoms with Gasteiger partial charge in [0.2, 0.25) is 0 Å². The van der Waals surface area contributed by atoms with Crippen LogP contribution in [0.5, 0.6) is 0 Å². The molecule has 1 saturated heterocycles. The number of aryl methyl sites for hydroxylation is 1. The molecule has 1 fully saturated rings. The van der Waals surface area contributed by atoms with Gasteiger partial charge in [-0.3, -0.25) is 9.69 Å². The molecule has 2 rings (SSSR count). The Morgan fingerprint density at radius 3 is 2.26 bits per heavy atom. The van der Waals surface area contributed by atoms with Gasteiger partial charge in [-0.2, -0.15) is 0 Å². The lowest BCUT2D eigenvalue weighted by atomic mass is 10.0. The van der Waals surface area contributed by atoms with Crippen LogP contribution in [0.4, 0.5) is 5.13 Å². The van der Waals surface area contributed by atoms with E-state index in [1.165, 1.54) is 11.3 Å². The van der Waals surface area contributed by atoms with Gasteiger partial charge in [0.1, 0.15) is 4.88 Å². The average Bonchev–Trinajstić information content (AvgIpc) is 2.66. The van der Waals surface area contributed by atoms with Crippen LogP contribution in [0, 0.1) is 6.92 Å². The number of anilines is 1. The van der Waals surface area contributed by atoms with Crippen molar-refractivity contribution in [1.82, 2.24) is 14.8 Å². The van der Waals surface area contributed by atoms with Crippen molar-refractivity contribution >= 4 is 22.4 Å². The van der Waals surface area contributed by atoms with Gasteiger partial charge >= 0.3 is 0 Å². The molecule has 0 atom stereocenters. The number of rotatable bonds is 1. The lowest BCUT2D eigenvalue weighted by molar-refractivity contribution is 0.0454. The Kier molecular flexibility index (Phi) is 3.82. The van der Waals surface area contributed by atoms with Crippen molar-refractivity contribution in [2.45, 2.75) is 33.2 Å². The summed E-state index contributed by atoms with van der Waals surface area (Å²) in [6.07, 6.45) is 0. The van der Waals surface area contributed by atoms with Crippen LogP contribution in [0.1, 0.15) is 36.1 Å². The molecule has 0 aromatic carbocycles. The van der Waals surface area contributed by atoms with Crippen LogP contribution in [-0.2, 0) is 0 Å². The second-order valence-corrected chi connectivity index (χ2v) is 6.95. The molecule has 2 heterocycles. The monoisotopic (exact) mass is 282 g/mol. The average molecular weight is 282 g/mol. The van der Waals surface area contributed by atoms with Crippen molar-refractivity contribution < 1.29 is 4.79 Å². The second-order valence-electron chi connectivity index (χ2n) is 5.92. The minimum Gasteiger partial charge on any atom is -0.375 e. The van der Waals surface area contributed by atoms with Gasteiger partial charge in [0.15, 0.2) is 5.13 Å². The smallest absolute Gasteiger partial charge is 0.266 e. The first kappa shape index (κ1) is 14.3. The highest BCUT2D eigenvalue weighted by Gasteiger charge is 2.29. The third-order valence-corrected chi connectivity index (χ3v) is 4.50. The van der Waals surface area contributed by atoms with Crippen LogP contribution < -0.4 is 5.73 Å². The normalized spacial score (nSPS) is 17.8. The molecule has 0 radical (unpaired) electrons. The van der Waals surface area contributed by atoms with Crippen LogP contribution in [0.3, 0.4) is 0 Å². The second kappa shape index (κ2) is 5.09. The van der Waals surface area contributed by atoms with Crippen LogP contribution in [0.25, 0.3) is 0 Å². The summed E-state index contributed by atoms with van der Waals surface area (Å²) in [4.78, 5) is 21.5. The molecule has 6 heteroatoms. The number of hydrogen-bond acceptors (Lipinski definition) is 5. The molecule has 19 heavy (non-hydrogen) atoms. The number of hydrogen-bond donors (Lipinski definition) is 1. The molecular weight excluding hydrogens is 260 g/mol. The molecule has 2 N–H and O–H groups in total. The molecule has 1 aliphatic rings. The van der Waals surface area contributed by atoms with Gasteiger partial charge < -0.3 is 10.6 Å². The Hall–Kier alpha value is -1.14. The maximum Gasteiger partial charge on any atom is 0.266 e. The predicted molar refractivity (Wildman–Crippen MR) is 78.5 cm³/mol. The van der Waals surface area contributed by atoms with E-state index in [0.29, 0.717) is 10.0 Å². The molecule has 1 amide bonds. The van der Waals surface area contributed by atoms with Gasteiger partial charge in [-0.05, 0) is 27.7 Å². The summed E-state index contributed by atoms with van der Waals surface area (Å²) in [6.45, 7) is 11.8. The molecule has 1 aliphatic heterocycles. The molecule has 0 unspecified atom stereocenters. The molecular formula is C13H22N4OS. The van der Waals surface area contributed by atoms with Crippen molar-refractivity contribution in [1.29, 1.82) is 0 Å². The quantitative estimate of drug-likeness (QED) is 0.849. The zero-order valence-electron chi connectivity index (χ0n) is 12.1. The van der Waals surface area contributed by atoms with E-state index in [-0.39, 0.29) is 11.4 Å². The fourth-order valence-electron chi connectivity index (χ4n) is 2.34. The summed E-state index contributed by atoms with van der Waals surface area (Å²) in [5.41, 5.74) is 6.56. The van der Waals surface area contributed by atoms with Gasteiger partial charge in [-0.15, -0.1) is 0 Å². The van der Waals surface area contributed by atoms with E-state index in [1.54, 1.807) is 0 Å². The van der Waals surface area contributed by atoms with Crippen LogP contribution in [0.2, 0.25) is 0 Å². The van der Waals surface area contributed by atoms with Crippen LogP contribution in [-0.4, -0.2) is 52.4 Å². The zero-order chi connectivity index (χ0) is 14.2. The number of nitrogens with zero attached hydrogens (tertiary/aromatic N) is 3. The first-order valence-electron chi connectivity index (χ1n) is 6.56. The van der Waals surface area contributed by atoms with Crippen molar-refractivity contribution in [2.24, 2.45) is 0 Å². The standard InChI is InChI=1S/C13H22N4OS/c1-9-10(19-12(14)15-9)11(18)16-5-7-17(8-6-16)13(2,3)4/h5-8H2,1-4H3,(H2,14,15). The molecule has 0 aliphatic carbocycles. The van der Waals surface area contributed by atoms with Crippen molar-refractivity contribution in [3.8, 4) is 0 Å². The van der Waals surface area contributed by atoms with E-state index in [4.69, 9.17) is 5.73 Å². The van der Waals surface area contributed by atoms with Crippen LogP contribution in [0.15, 0.2) is 0 Å². The first-order valence-corrected chi connectivity index (χ1v) is 7.38. The van der Waals surface area contributed by atoms with Gasteiger partial charge in [0, 0.05) is 31.7 Å². The number of carbonyl (C=O) groups is 1. The predicted octanol–water partition coefficient (Wildman–Crippen LogP) is 1.59. The van der Waals surface area contributed by atoms with Gasteiger partial charge in [0.05, 0.1) is 5.69 Å². The Labute approximate surface area is 118 Å². The highest BCUT2D eigenvalue weighted by molar-refractivity contribution is 7.17. The zero-order valence-corrected chi connectivity index (χ0v) is 12.9. The minimum atomic E-state index is 0.0697. The van der Waals surface area contributed by atoms with Crippen LogP contribution >= 0.6 is 11.3 Å². The molecule has 1 aromatic heterocycles. The van der Waals surface area contributed by atoms with E-state index in [0.717, 1.165) is 31.9 Å². The summed E-state index contributed by atoms with van der Waals surface area (Å²) in [5, 5.41) is 0.467. The fraction of sp³-hybridized carbons (Fsp3) is 0.692. The summed E-state index contributed by atoms with van der Waals surface area (Å²) < 4.78 is 0. The summed E-state index contributed by atoms with van der Waals surface area (Å²) in [5.74, 6) is 0.0697. The van der Waals surface area contributed by atoms with E-state index >= 15 is 0 Å². The number of nitrogen functional groups attached to an aromatic ring is 1. The molecule has 0 saturated carbocycles. The summed E-state index contributed by atoms with van der Waals surface area (Å²) >= 11 is 1.28. The molecule has 106 valence electrons. The molecule has 1 aromatic rings. The Morgan fingerprint density at radius 1 is 1.26 bits per heavy atom. The minimum absolute atomic E-state index is 0.0697. The largest absolute Gasteiger partial charge is 0.375 e. The molecule has 0 spiro atoms. The number of aromatic nitrogens is 1. The molecule has 0 bridgehead atoms. The van der Waals surface area contributed by atoms with Crippen molar-refractivity contribution in [3.05, 3.63) is 10.6 Å². The number of thiazole rings is 1. The maximum atomic E-state index is 12.4. The van der Waals surface area contributed by atoms with E-state index in [2.05, 4.69) is 30.7 Å². The SMILES string of the molecule is Cc1nc(N)sc1C(=O)N1CCN(C(C)(C)C)CC1. The fourth-order valence-corrected chi connectivity index (χ4v) is 3.14. The van der Waals surface area contributed by atoms with Gasteiger partial charge in [-0.25, -0.2) is 4.98 Å². The van der Waals surface area contributed by atoms with Gasteiger partial charge in [-0.1, -0.05) is 11.3 Å². The lowest BCUT2D eigenvalue weighted by Crippen LogP contribution is -2.54. The highest BCUT2D eigenvalue weighted by atomic mass is 32.1. The number of nitrogens with two attached hydrogens (primary N) is 1. The Balaban J connectivity index is 2.02. The summed E-state index contributed by atoms with van der Waals surface area (Å²) in [6, 6.07) is 0. The maximum absolute atomic E-state index is 12.4. The summed E-state index contributed by atoms with van der Waals surface area (Å²) in [7, 11) is 0. The van der Waals surface area contributed by atoms with E-state index in [9.17, 15) is 4.79 Å². The van der Waals surface area contributed by atoms with E-state index in [1.807, 2.05) is 11.8 Å². The van der Waals surface area contributed by atoms with Gasteiger partial charge in [0.25, 0.3) is 5.91 Å². The first-order chi connectivity index (χ1) is 8.79. The third kappa shape index (κ3) is 3.06.